The molecule has 118 valence electrons. The molecule has 1 N–H and O–H groups in total. The van der Waals surface area contributed by atoms with Crippen LogP contribution in [0, 0.1) is 0 Å². The fraction of sp³-hybridized carbons (Fsp3) is 0.571. The summed E-state index contributed by atoms with van der Waals surface area (Å²) in [4.78, 5) is 0.308. The molecule has 0 radical (unpaired) electrons. The van der Waals surface area contributed by atoms with Crippen molar-refractivity contribution in [1.29, 1.82) is 0 Å². The highest BCUT2D eigenvalue weighted by atomic mass is 32.2. The van der Waals surface area contributed by atoms with Gasteiger partial charge in [0.15, 0.2) is 9.84 Å². The lowest BCUT2D eigenvalue weighted by atomic mass is 10.1. The summed E-state index contributed by atoms with van der Waals surface area (Å²) < 4.78 is 45.6. The van der Waals surface area contributed by atoms with Gasteiger partial charge in [0.05, 0.1) is 16.4 Å². The Labute approximate surface area is 126 Å². The smallest absolute Gasteiger partial charge is 0.175 e. The summed E-state index contributed by atoms with van der Waals surface area (Å²) in [6.07, 6.45) is 2.45. The first-order valence-corrected chi connectivity index (χ1v) is 10.7. The van der Waals surface area contributed by atoms with Crippen molar-refractivity contribution in [3.8, 4) is 0 Å². The van der Waals surface area contributed by atoms with Crippen LogP contribution in [-0.4, -0.2) is 40.6 Å². The molecular formula is C14H21NO4S2. The van der Waals surface area contributed by atoms with E-state index in [2.05, 4.69) is 5.32 Å². The number of sulfone groups is 2. The van der Waals surface area contributed by atoms with Crippen LogP contribution in [0.15, 0.2) is 29.2 Å². The summed E-state index contributed by atoms with van der Waals surface area (Å²) in [6.45, 7) is 2.00. The molecule has 21 heavy (non-hydrogen) atoms. The van der Waals surface area contributed by atoms with Crippen LogP contribution < -0.4 is 5.32 Å². The maximum Gasteiger partial charge on any atom is 0.175 e. The first-order chi connectivity index (χ1) is 9.67. The predicted molar refractivity (Wildman–Crippen MR) is 82.8 cm³/mol. The second-order valence-electron chi connectivity index (χ2n) is 5.66. The van der Waals surface area contributed by atoms with Crippen LogP contribution in [0.25, 0.3) is 0 Å². The molecular weight excluding hydrogens is 310 g/mol. The van der Waals surface area contributed by atoms with Crippen molar-refractivity contribution < 1.29 is 16.8 Å². The molecule has 7 heteroatoms. The number of nitrogens with one attached hydrogen (secondary N) is 1. The number of hydrogen-bond acceptors (Lipinski definition) is 5. The molecule has 0 amide bonds. The molecule has 1 heterocycles. The van der Waals surface area contributed by atoms with Crippen LogP contribution in [-0.2, 0) is 19.7 Å². The molecule has 1 unspecified atom stereocenters. The van der Waals surface area contributed by atoms with Crippen molar-refractivity contribution in [2.45, 2.75) is 36.7 Å². The second kappa shape index (κ2) is 6.06. The molecule has 0 aromatic heterocycles. The lowest BCUT2D eigenvalue weighted by Crippen LogP contribution is -2.38. The van der Waals surface area contributed by atoms with Crippen molar-refractivity contribution in [2.24, 2.45) is 0 Å². The molecule has 5 nitrogen and oxygen atoms in total. The Morgan fingerprint density at radius 1 is 1.14 bits per heavy atom. The van der Waals surface area contributed by atoms with E-state index in [0.29, 0.717) is 17.7 Å². The van der Waals surface area contributed by atoms with E-state index in [4.69, 9.17) is 0 Å². The topological polar surface area (TPSA) is 80.3 Å². The zero-order chi connectivity index (χ0) is 15.7. The quantitative estimate of drug-likeness (QED) is 0.900. The van der Waals surface area contributed by atoms with Gasteiger partial charge >= 0.3 is 0 Å². The summed E-state index contributed by atoms with van der Waals surface area (Å²) >= 11 is 0. The first kappa shape index (κ1) is 16.5. The molecule has 1 aromatic carbocycles. The highest BCUT2D eigenvalue weighted by Crippen LogP contribution is 2.20. The van der Waals surface area contributed by atoms with E-state index in [1.54, 1.807) is 24.3 Å². The Morgan fingerprint density at radius 3 is 2.14 bits per heavy atom. The molecule has 1 fully saturated rings. The lowest BCUT2D eigenvalue weighted by molar-refractivity contribution is 0.420. The van der Waals surface area contributed by atoms with Crippen molar-refractivity contribution in [3.05, 3.63) is 29.8 Å². The SMILES string of the molecule is CC(NC1CCS(=O)(=O)CC1)c1ccc(S(C)(=O)=O)cc1. The van der Waals surface area contributed by atoms with Gasteiger partial charge in [-0.2, -0.15) is 0 Å². The number of benzene rings is 1. The van der Waals surface area contributed by atoms with Crippen molar-refractivity contribution in [2.75, 3.05) is 17.8 Å². The molecule has 0 spiro atoms. The normalized spacial score (nSPS) is 21.0. The van der Waals surface area contributed by atoms with E-state index in [1.165, 1.54) is 6.26 Å². The summed E-state index contributed by atoms with van der Waals surface area (Å²) in [7, 11) is -6.02. The minimum atomic E-state index is -3.17. The molecule has 0 bridgehead atoms. The van der Waals surface area contributed by atoms with Crippen molar-refractivity contribution in [3.63, 3.8) is 0 Å². The standard InChI is InChI=1S/C14H21NO4S2/c1-11(15-13-7-9-21(18,19)10-8-13)12-3-5-14(6-4-12)20(2,16)17/h3-6,11,13,15H,7-10H2,1-2H3. The van der Waals surface area contributed by atoms with E-state index in [1.807, 2.05) is 6.92 Å². The average Bonchev–Trinajstić information content (AvgIpc) is 2.40. The Balaban J connectivity index is 1.99. The average molecular weight is 331 g/mol. The van der Waals surface area contributed by atoms with Crippen molar-refractivity contribution in [1.82, 2.24) is 5.32 Å². The fourth-order valence-corrected chi connectivity index (χ4v) is 4.63. The molecule has 2 rings (SSSR count). The largest absolute Gasteiger partial charge is 0.307 e. The highest BCUT2D eigenvalue weighted by molar-refractivity contribution is 7.91. The Kier molecular flexibility index (Phi) is 4.75. The predicted octanol–water partition coefficient (Wildman–Crippen LogP) is 1.32. The Hall–Kier alpha value is -0.920. The van der Waals surface area contributed by atoms with Gasteiger partial charge in [0.2, 0.25) is 0 Å². The third kappa shape index (κ3) is 4.52. The fourth-order valence-electron chi connectivity index (χ4n) is 2.51. The molecule has 1 atom stereocenters. The first-order valence-electron chi connectivity index (χ1n) is 6.94. The molecule has 1 aromatic rings. The summed E-state index contributed by atoms with van der Waals surface area (Å²) in [5.74, 6) is 0.481. The second-order valence-corrected chi connectivity index (χ2v) is 9.98. The van der Waals surface area contributed by atoms with Crippen LogP contribution in [0.2, 0.25) is 0 Å². The molecule has 1 saturated heterocycles. The third-order valence-corrected chi connectivity index (χ3v) is 6.69. The minimum Gasteiger partial charge on any atom is -0.307 e. The minimum absolute atomic E-state index is 0.0596. The van der Waals surface area contributed by atoms with E-state index >= 15 is 0 Å². The van der Waals surface area contributed by atoms with Crippen LogP contribution in [0.3, 0.4) is 0 Å². The van der Waals surface area contributed by atoms with Crippen LogP contribution >= 0.6 is 0 Å². The van der Waals surface area contributed by atoms with Gasteiger partial charge in [-0.25, -0.2) is 16.8 Å². The summed E-state index contributed by atoms with van der Waals surface area (Å²) in [6, 6.07) is 7.06. The van der Waals surface area contributed by atoms with E-state index in [-0.39, 0.29) is 23.6 Å². The van der Waals surface area contributed by atoms with E-state index in [9.17, 15) is 16.8 Å². The van der Waals surface area contributed by atoms with Gasteiger partial charge in [0.25, 0.3) is 0 Å². The molecule has 1 aliphatic rings. The summed E-state index contributed by atoms with van der Waals surface area (Å²) in [5.41, 5.74) is 0.996. The molecule has 0 saturated carbocycles. The van der Waals surface area contributed by atoms with Crippen molar-refractivity contribution >= 4 is 19.7 Å². The van der Waals surface area contributed by atoms with E-state index < -0.39 is 19.7 Å². The molecule has 1 aliphatic heterocycles. The van der Waals surface area contributed by atoms with Gasteiger partial charge in [0.1, 0.15) is 9.84 Å². The van der Waals surface area contributed by atoms with Gasteiger partial charge in [-0.05, 0) is 37.5 Å². The maximum atomic E-state index is 11.4. The van der Waals surface area contributed by atoms with Gasteiger partial charge in [0, 0.05) is 18.3 Å². The van der Waals surface area contributed by atoms with Gasteiger partial charge < -0.3 is 5.32 Å². The lowest BCUT2D eigenvalue weighted by Gasteiger charge is -2.27. The molecule has 0 aliphatic carbocycles. The Bertz CT molecular complexity index is 679. The number of rotatable bonds is 4. The summed E-state index contributed by atoms with van der Waals surface area (Å²) in [5, 5.41) is 3.42. The zero-order valence-corrected chi connectivity index (χ0v) is 13.9. The van der Waals surface area contributed by atoms with Gasteiger partial charge in [-0.1, -0.05) is 12.1 Å². The monoisotopic (exact) mass is 331 g/mol. The maximum absolute atomic E-state index is 11.4. The number of hydrogen-bond donors (Lipinski definition) is 1. The van der Waals surface area contributed by atoms with Gasteiger partial charge in [-0.3, -0.25) is 0 Å². The van der Waals surface area contributed by atoms with E-state index in [0.717, 1.165) is 5.56 Å². The zero-order valence-electron chi connectivity index (χ0n) is 12.2. The van der Waals surface area contributed by atoms with Crippen LogP contribution in [0.4, 0.5) is 0 Å². The van der Waals surface area contributed by atoms with Crippen LogP contribution in [0.5, 0.6) is 0 Å². The highest BCUT2D eigenvalue weighted by Gasteiger charge is 2.24. The Morgan fingerprint density at radius 2 is 1.67 bits per heavy atom. The van der Waals surface area contributed by atoms with Crippen LogP contribution in [0.1, 0.15) is 31.4 Å². The third-order valence-electron chi connectivity index (χ3n) is 3.85. The van der Waals surface area contributed by atoms with Gasteiger partial charge in [-0.15, -0.1) is 0 Å².